The molecule has 4 aromatic rings. The molecular weight excluding hydrogens is 541 g/mol. The number of thioether (sulfide) groups is 1. The Kier molecular flexibility index (Phi) is 7.66. The number of likely N-dealkylation sites (tertiary alicyclic amines) is 1. The average Bonchev–Trinajstić information content (AvgIpc) is 3.49. The van der Waals surface area contributed by atoms with E-state index in [-0.39, 0.29) is 18.7 Å². The second kappa shape index (κ2) is 10.9. The first-order chi connectivity index (χ1) is 18.9. The molecule has 3 aromatic heterocycles. The summed E-state index contributed by atoms with van der Waals surface area (Å²) in [7, 11) is 0. The van der Waals surface area contributed by atoms with Crippen LogP contribution in [0, 0.1) is 0 Å². The van der Waals surface area contributed by atoms with E-state index in [2.05, 4.69) is 22.4 Å². The number of rotatable bonds is 6. The third kappa shape index (κ3) is 6.02. The Hall–Kier alpha value is -3.38. The van der Waals surface area contributed by atoms with Crippen LogP contribution in [0.1, 0.15) is 45.7 Å². The SMILES string of the molecule is CCSc1cccc2ccc(-c3nnc4ccc([C@@H](N5CC[C@H](NC(=O)OC(C)(C)C)C5)C(F)(F)F)cn34)nc12. The summed E-state index contributed by atoms with van der Waals surface area (Å²) in [6, 6.07) is 10.3. The summed E-state index contributed by atoms with van der Waals surface area (Å²) in [5, 5.41) is 12.1. The molecule has 12 heteroatoms. The van der Waals surface area contributed by atoms with Crippen molar-refractivity contribution in [1.82, 2.24) is 29.8 Å². The van der Waals surface area contributed by atoms with E-state index >= 15 is 0 Å². The van der Waals surface area contributed by atoms with E-state index in [0.717, 1.165) is 21.6 Å². The second-order valence-corrected chi connectivity index (χ2v) is 12.0. The standard InChI is InChI=1S/C28H31F3N6O2S/c1-5-40-21-8-6-7-17-9-11-20(33-23(17)21)25-35-34-22-12-10-18(15-37(22)25)24(28(29,30)31)36-14-13-19(16-36)32-26(38)39-27(2,3)4/h6-12,15,19,24H,5,13-14,16H2,1-4H3,(H,32,38)/t19-,24+/m0/s1. The lowest BCUT2D eigenvalue weighted by Crippen LogP contribution is -2.42. The molecule has 212 valence electrons. The molecule has 0 saturated carbocycles. The minimum Gasteiger partial charge on any atom is -0.444 e. The highest BCUT2D eigenvalue weighted by Crippen LogP contribution is 2.40. The predicted octanol–water partition coefficient (Wildman–Crippen LogP) is 6.26. The molecule has 1 amide bonds. The second-order valence-electron chi connectivity index (χ2n) is 10.7. The Morgan fingerprint density at radius 3 is 2.67 bits per heavy atom. The number of pyridine rings is 2. The van der Waals surface area contributed by atoms with Gasteiger partial charge in [-0.05, 0) is 56.7 Å². The van der Waals surface area contributed by atoms with E-state index in [1.807, 2.05) is 24.3 Å². The number of fused-ring (bicyclic) bond motifs is 2. The lowest BCUT2D eigenvalue weighted by Gasteiger charge is -2.30. The Morgan fingerprint density at radius 1 is 1.15 bits per heavy atom. The number of alkyl carbamates (subject to hydrolysis) is 1. The highest BCUT2D eigenvalue weighted by atomic mass is 32.2. The monoisotopic (exact) mass is 572 g/mol. The Bertz CT molecular complexity index is 1530. The number of hydrogen-bond donors (Lipinski definition) is 1. The van der Waals surface area contributed by atoms with Crippen LogP contribution in [0.15, 0.2) is 53.6 Å². The lowest BCUT2D eigenvalue weighted by atomic mass is 10.1. The smallest absolute Gasteiger partial charge is 0.408 e. The summed E-state index contributed by atoms with van der Waals surface area (Å²) in [6.45, 7) is 7.48. The van der Waals surface area contributed by atoms with Crippen molar-refractivity contribution >= 4 is 34.4 Å². The summed E-state index contributed by atoms with van der Waals surface area (Å²) in [6.07, 6.45) is -3.36. The highest BCUT2D eigenvalue weighted by molar-refractivity contribution is 7.99. The summed E-state index contributed by atoms with van der Waals surface area (Å²) in [5.41, 5.74) is 1.12. The first-order valence-electron chi connectivity index (χ1n) is 13.1. The molecule has 4 heterocycles. The van der Waals surface area contributed by atoms with Crippen molar-refractivity contribution in [3.05, 3.63) is 54.2 Å². The van der Waals surface area contributed by atoms with Gasteiger partial charge in [0.15, 0.2) is 11.5 Å². The van der Waals surface area contributed by atoms with Crippen molar-refractivity contribution < 1.29 is 22.7 Å². The van der Waals surface area contributed by atoms with Gasteiger partial charge < -0.3 is 10.1 Å². The number of ether oxygens (including phenoxy) is 1. The van der Waals surface area contributed by atoms with Crippen LogP contribution in [0.2, 0.25) is 0 Å². The maximum Gasteiger partial charge on any atom is 0.408 e. The summed E-state index contributed by atoms with van der Waals surface area (Å²) in [5.74, 6) is 1.24. The molecule has 1 aliphatic rings. The van der Waals surface area contributed by atoms with Crippen LogP contribution in [-0.2, 0) is 4.74 Å². The topological polar surface area (TPSA) is 84.7 Å². The first-order valence-corrected chi connectivity index (χ1v) is 14.1. The van der Waals surface area contributed by atoms with Gasteiger partial charge in [-0.1, -0.05) is 31.2 Å². The number of benzene rings is 1. The minimum absolute atomic E-state index is 0.0423. The van der Waals surface area contributed by atoms with Gasteiger partial charge in [0, 0.05) is 35.6 Å². The number of hydrogen-bond acceptors (Lipinski definition) is 7. The predicted molar refractivity (Wildman–Crippen MR) is 148 cm³/mol. The highest BCUT2D eigenvalue weighted by Gasteiger charge is 2.47. The Labute approximate surface area is 234 Å². The van der Waals surface area contributed by atoms with Gasteiger partial charge in [0.2, 0.25) is 0 Å². The zero-order valence-electron chi connectivity index (χ0n) is 22.7. The van der Waals surface area contributed by atoms with E-state index in [1.54, 1.807) is 43.0 Å². The number of aromatic nitrogens is 4. The summed E-state index contributed by atoms with van der Waals surface area (Å²) in [4.78, 5) is 19.4. The average molecular weight is 573 g/mol. The van der Waals surface area contributed by atoms with Crippen LogP contribution >= 0.6 is 11.8 Å². The summed E-state index contributed by atoms with van der Waals surface area (Å²) < 4.78 is 50.3. The number of alkyl halides is 3. The number of para-hydroxylation sites is 1. The molecule has 1 saturated heterocycles. The van der Waals surface area contributed by atoms with Gasteiger partial charge in [-0.25, -0.2) is 9.78 Å². The van der Waals surface area contributed by atoms with Gasteiger partial charge in [0.05, 0.1) is 5.52 Å². The third-order valence-corrected chi connectivity index (χ3v) is 7.50. The zero-order valence-corrected chi connectivity index (χ0v) is 23.5. The van der Waals surface area contributed by atoms with Crippen molar-refractivity contribution in [3.63, 3.8) is 0 Å². The fourth-order valence-corrected chi connectivity index (χ4v) is 5.77. The molecular formula is C28H31F3N6O2S. The van der Waals surface area contributed by atoms with Crippen molar-refractivity contribution in [1.29, 1.82) is 0 Å². The quantitative estimate of drug-likeness (QED) is 0.273. The molecule has 5 rings (SSSR count). The van der Waals surface area contributed by atoms with Crippen LogP contribution in [-0.4, -0.2) is 67.2 Å². The van der Waals surface area contributed by atoms with Gasteiger partial charge in [-0.3, -0.25) is 9.30 Å². The molecule has 0 radical (unpaired) electrons. The molecule has 0 unspecified atom stereocenters. The van der Waals surface area contributed by atoms with Gasteiger partial charge in [0.25, 0.3) is 0 Å². The molecule has 1 aliphatic heterocycles. The fourth-order valence-electron chi connectivity index (χ4n) is 4.98. The van der Waals surface area contributed by atoms with Crippen LogP contribution in [0.4, 0.5) is 18.0 Å². The van der Waals surface area contributed by atoms with E-state index < -0.39 is 30.0 Å². The lowest BCUT2D eigenvalue weighted by molar-refractivity contribution is -0.184. The maximum absolute atomic E-state index is 14.5. The zero-order chi connectivity index (χ0) is 28.7. The molecule has 8 nitrogen and oxygen atoms in total. The molecule has 2 atom stereocenters. The van der Waals surface area contributed by atoms with E-state index in [0.29, 0.717) is 23.6 Å². The number of carbonyl (C=O) groups is 1. The fraction of sp³-hybridized carbons (Fsp3) is 0.429. The van der Waals surface area contributed by atoms with Gasteiger partial charge >= 0.3 is 12.3 Å². The number of amides is 1. The number of nitrogens with one attached hydrogen (secondary N) is 1. The number of carbonyl (C=O) groups excluding carboxylic acids is 1. The van der Waals surface area contributed by atoms with Crippen LogP contribution < -0.4 is 5.32 Å². The minimum atomic E-state index is -4.55. The Balaban J connectivity index is 1.46. The molecule has 0 spiro atoms. The van der Waals surface area contributed by atoms with Crippen molar-refractivity contribution in [2.75, 3.05) is 18.8 Å². The van der Waals surface area contributed by atoms with Crippen LogP contribution in [0.3, 0.4) is 0 Å². The first kappa shape index (κ1) is 28.2. The third-order valence-electron chi connectivity index (χ3n) is 6.57. The van der Waals surface area contributed by atoms with Gasteiger partial charge in [0.1, 0.15) is 17.3 Å². The van der Waals surface area contributed by atoms with Crippen molar-refractivity contribution in [3.8, 4) is 11.5 Å². The van der Waals surface area contributed by atoms with E-state index in [9.17, 15) is 18.0 Å². The van der Waals surface area contributed by atoms with Crippen molar-refractivity contribution in [2.45, 2.75) is 62.9 Å². The summed E-state index contributed by atoms with van der Waals surface area (Å²) >= 11 is 1.67. The molecule has 1 N–H and O–H groups in total. The van der Waals surface area contributed by atoms with Gasteiger partial charge in [-0.15, -0.1) is 22.0 Å². The number of nitrogens with zero attached hydrogens (tertiary/aromatic N) is 5. The maximum atomic E-state index is 14.5. The Morgan fingerprint density at radius 2 is 1.95 bits per heavy atom. The van der Waals surface area contributed by atoms with Crippen LogP contribution in [0.5, 0.6) is 0 Å². The normalized spacial score (nSPS) is 17.4. The van der Waals surface area contributed by atoms with Crippen LogP contribution in [0.25, 0.3) is 28.1 Å². The molecule has 0 aliphatic carbocycles. The van der Waals surface area contributed by atoms with E-state index in [4.69, 9.17) is 9.72 Å². The molecule has 1 fully saturated rings. The van der Waals surface area contributed by atoms with Crippen molar-refractivity contribution in [2.24, 2.45) is 0 Å². The molecule has 0 bridgehead atoms. The molecule has 1 aromatic carbocycles. The molecule has 40 heavy (non-hydrogen) atoms. The van der Waals surface area contributed by atoms with E-state index in [1.165, 1.54) is 23.2 Å². The largest absolute Gasteiger partial charge is 0.444 e. The number of halogens is 3. The van der Waals surface area contributed by atoms with Gasteiger partial charge in [-0.2, -0.15) is 13.2 Å².